The Morgan fingerprint density at radius 2 is 2.21 bits per heavy atom. The second-order valence-corrected chi connectivity index (χ2v) is 3.19. The molecule has 0 aliphatic rings. The second-order valence-electron chi connectivity index (χ2n) is 2.63. The highest BCUT2D eigenvalue weighted by Crippen LogP contribution is 2.13. The van der Waals surface area contributed by atoms with Crippen molar-refractivity contribution < 1.29 is 14.3 Å². The number of nitrogens with zero attached hydrogens (tertiary/aromatic N) is 2. The molecule has 0 fully saturated rings. The van der Waals surface area contributed by atoms with Crippen LogP contribution in [0.4, 0.5) is 0 Å². The third kappa shape index (κ3) is 2.41. The average Bonchev–Trinajstić information content (AvgIpc) is 2.46. The van der Waals surface area contributed by atoms with E-state index in [0.29, 0.717) is 11.0 Å². The van der Waals surface area contributed by atoms with Crippen LogP contribution in [0.25, 0.3) is 0 Å². The van der Waals surface area contributed by atoms with Crippen molar-refractivity contribution in [3.8, 4) is 6.01 Å². The van der Waals surface area contributed by atoms with Crippen molar-refractivity contribution in [1.29, 1.82) is 0 Å². The molecule has 1 aromatic rings. The van der Waals surface area contributed by atoms with Gasteiger partial charge in [0.2, 0.25) is 5.91 Å². The first-order valence-electron chi connectivity index (χ1n) is 3.88. The summed E-state index contributed by atoms with van der Waals surface area (Å²) in [5.41, 5.74) is 0.636. The Hall–Kier alpha value is -1.17. The minimum Gasteiger partial charge on any atom is -0.392 e. The molecule has 0 aliphatic heterocycles. The van der Waals surface area contributed by atoms with Crippen LogP contribution >= 0.6 is 15.9 Å². The summed E-state index contributed by atoms with van der Waals surface area (Å²) in [6.07, 6.45) is 1.52. The van der Waals surface area contributed by atoms with Crippen molar-refractivity contribution in [3.63, 3.8) is 0 Å². The molecule has 0 aromatic carbocycles. The van der Waals surface area contributed by atoms with Crippen LogP contribution < -0.4 is 4.74 Å². The van der Waals surface area contributed by atoms with Gasteiger partial charge in [0.05, 0.1) is 5.69 Å². The Labute approximate surface area is 89.2 Å². The Balaban J connectivity index is 3.05. The summed E-state index contributed by atoms with van der Waals surface area (Å²) >= 11 is 3.19. The normalized spacial score (nSPS) is 9.93. The smallest absolute Gasteiger partial charge is 0.311 e. The Bertz CT molecular complexity index is 373. The minimum absolute atomic E-state index is 0.0134. The van der Waals surface area contributed by atoms with E-state index in [9.17, 15) is 9.59 Å². The first-order valence-corrected chi connectivity index (χ1v) is 5.00. The van der Waals surface area contributed by atoms with Crippen molar-refractivity contribution in [3.05, 3.63) is 11.9 Å². The molecule has 0 bridgehead atoms. The number of hydrogen-bond donors (Lipinski definition) is 0. The summed E-state index contributed by atoms with van der Waals surface area (Å²) in [6, 6.07) is 0.0134. The van der Waals surface area contributed by atoms with Crippen LogP contribution in [0.1, 0.15) is 24.3 Å². The molecule has 6 heteroatoms. The van der Waals surface area contributed by atoms with Gasteiger partial charge in [-0.05, 0) is 0 Å². The number of aromatic nitrogens is 2. The van der Waals surface area contributed by atoms with E-state index in [-0.39, 0.29) is 11.9 Å². The number of carbonyl (C=O) groups excluding carboxylic acids is 2. The van der Waals surface area contributed by atoms with Crippen molar-refractivity contribution >= 4 is 27.8 Å². The number of ether oxygens (including phenoxy) is 1. The first-order chi connectivity index (χ1) is 6.54. The fourth-order valence-electron chi connectivity index (χ4n) is 0.900. The maximum Gasteiger partial charge on any atom is 0.311 e. The van der Waals surface area contributed by atoms with Crippen molar-refractivity contribution in [2.24, 2.45) is 0 Å². The van der Waals surface area contributed by atoms with Gasteiger partial charge in [-0.2, -0.15) is 4.98 Å². The summed E-state index contributed by atoms with van der Waals surface area (Å²) in [6.45, 7) is 2.62. The maximum absolute atomic E-state index is 11.1. The molecule has 0 aliphatic carbocycles. The Kier molecular flexibility index (Phi) is 3.40. The molecule has 1 heterocycles. The van der Waals surface area contributed by atoms with Crippen LogP contribution in [0.2, 0.25) is 0 Å². The lowest BCUT2D eigenvalue weighted by atomic mass is 10.5. The zero-order valence-corrected chi connectivity index (χ0v) is 9.37. The standard InChI is InChI=1S/C8H9BrN2O3/c1-5(12)11-4-7(3-9)10-8(11)14-6(2)13/h4H,3H2,1-2H3. The van der Waals surface area contributed by atoms with Gasteiger partial charge in [0.1, 0.15) is 0 Å². The zero-order chi connectivity index (χ0) is 10.7. The Morgan fingerprint density at radius 1 is 1.57 bits per heavy atom. The van der Waals surface area contributed by atoms with Crippen LogP contribution in [-0.2, 0) is 10.1 Å². The molecule has 76 valence electrons. The van der Waals surface area contributed by atoms with Gasteiger partial charge in [0.25, 0.3) is 0 Å². The first kappa shape index (κ1) is 10.9. The van der Waals surface area contributed by atoms with Gasteiger partial charge in [-0.1, -0.05) is 15.9 Å². The number of hydrogen-bond acceptors (Lipinski definition) is 4. The van der Waals surface area contributed by atoms with Gasteiger partial charge in [0.15, 0.2) is 0 Å². The molecule has 1 aromatic heterocycles. The number of alkyl halides is 1. The molecular weight excluding hydrogens is 252 g/mol. The van der Waals surface area contributed by atoms with Gasteiger partial charge in [-0.25, -0.2) is 4.57 Å². The molecular formula is C8H9BrN2O3. The average molecular weight is 261 g/mol. The van der Waals surface area contributed by atoms with Gasteiger partial charge in [0, 0.05) is 25.4 Å². The summed E-state index contributed by atoms with van der Waals surface area (Å²) in [4.78, 5) is 25.7. The van der Waals surface area contributed by atoms with Crippen molar-refractivity contribution in [1.82, 2.24) is 9.55 Å². The summed E-state index contributed by atoms with van der Waals surface area (Å²) in [5, 5.41) is 0.502. The predicted octanol–water partition coefficient (Wildman–Crippen LogP) is 1.36. The van der Waals surface area contributed by atoms with Crippen LogP contribution in [0.3, 0.4) is 0 Å². The third-order valence-corrected chi connectivity index (χ3v) is 2.01. The molecule has 0 atom stereocenters. The molecule has 14 heavy (non-hydrogen) atoms. The predicted molar refractivity (Wildman–Crippen MR) is 52.5 cm³/mol. The van der Waals surface area contributed by atoms with Gasteiger partial charge < -0.3 is 4.74 Å². The van der Waals surface area contributed by atoms with E-state index in [2.05, 4.69) is 20.9 Å². The van der Waals surface area contributed by atoms with E-state index >= 15 is 0 Å². The Morgan fingerprint density at radius 3 is 2.64 bits per heavy atom. The van der Waals surface area contributed by atoms with Gasteiger partial charge >= 0.3 is 12.0 Å². The van der Waals surface area contributed by atoms with Crippen LogP contribution in [-0.4, -0.2) is 21.4 Å². The molecule has 0 saturated carbocycles. The summed E-state index contributed by atoms with van der Waals surface area (Å²) in [7, 11) is 0. The van der Waals surface area contributed by atoms with Crippen molar-refractivity contribution in [2.45, 2.75) is 19.2 Å². The molecule has 0 radical (unpaired) electrons. The van der Waals surface area contributed by atoms with Gasteiger partial charge in [-0.15, -0.1) is 0 Å². The number of carbonyl (C=O) groups is 2. The highest BCUT2D eigenvalue weighted by Gasteiger charge is 2.13. The van der Waals surface area contributed by atoms with E-state index < -0.39 is 5.97 Å². The third-order valence-electron chi connectivity index (χ3n) is 1.43. The molecule has 0 N–H and O–H groups in total. The fraction of sp³-hybridized carbons (Fsp3) is 0.375. The largest absolute Gasteiger partial charge is 0.392 e. The number of rotatable bonds is 2. The quantitative estimate of drug-likeness (QED) is 0.595. The molecule has 0 saturated heterocycles. The zero-order valence-electron chi connectivity index (χ0n) is 7.78. The highest BCUT2D eigenvalue weighted by atomic mass is 79.9. The van der Waals surface area contributed by atoms with Crippen LogP contribution in [0.15, 0.2) is 6.20 Å². The monoisotopic (exact) mass is 260 g/mol. The van der Waals surface area contributed by atoms with E-state index in [1.54, 1.807) is 0 Å². The topological polar surface area (TPSA) is 61.2 Å². The lowest BCUT2D eigenvalue weighted by Crippen LogP contribution is -2.11. The molecule has 0 amide bonds. The van der Waals surface area contributed by atoms with E-state index in [4.69, 9.17) is 4.74 Å². The molecule has 0 unspecified atom stereocenters. The maximum atomic E-state index is 11.1. The summed E-state index contributed by atoms with van der Waals surface area (Å²) in [5.74, 6) is -0.750. The van der Waals surface area contributed by atoms with E-state index in [1.807, 2.05) is 0 Å². The summed E-state index contributed by atoms with van der Waals surface area (Å²) < 4.78 is 5.95. The number of esters is 1. The number of imidazole rings is 1. The van der Waals surface area contributed by atoms with E-state index in [0.717, 1.165) is 0 Å². The molecule has 1 rings (SSSR count). The molecule has 0 spiro atoms. The van der Waals surface area contributed by atoms with Crippen LogP contribution in [0.5, 0.6) is 6.01 Å². The van der Waals surface area contributed by atoms with Gasteiger partial charge in [-0.3, -0.25) is 9.59 Å². The highest BCUT2D eigenvalue weighted by molar-refractivity contribution is 9.08. The molecule has 5 nitrogen and oxygen atoms in total. The SMILES string of the molecule is CC(=O)Oc1nc(CBr)cn1C(C)=O. The minimum atomic E-state index is -0.501. The van der Waals surface area contributed by atoms with Crippen LogP contribution in [0, 0.1) is 0 Å². The lowest BCUT2D eigenvalue weighted by molar-refractivity contribution is -0.132. The van der Waals surface area contributed by atoms with E-state index in [1.165, 1.54) is 24.6 Å². The lowest BCUT2D eigenvalue weighted by Gasteiger charge is -2.00. The van der Waals surface area contributed by atoms with Crippen molar-refractivity contribution in [2.75, 3.05) is 0 Å². The number of halogens is 1. The second kappa shape index (κ2) is 4.36. The fourth-order valence-corrected chi connectivity index (χ4v) is 1.17.